The molecule has 7 heteroatoms. The Balaban J connectivity index is 2.42. The van der Waals surface area contributed by atoms with Crippen molar-refractivity contribution < 1.29 is 17.9 Å². The van der Waals surface area contributed by atoms with Gasteiger partial charge < -0.3 is 10.1 Å². The molecule has 0 saturated heterocycles. The van der Waals surface area contributed by atoms with Gasteiger partial charge in [0.05, 0.1) is 12.2 Å². The van der Waals surface area contributed by atoms with Crippen LogP contribution in [-0.2, 0) is 10.9 Å². The number of halogens is 4. The van der Waals surface area contributed by atoms with E-state index in [1.807, 2.05) is 0 Å². The lowest BCUT2D eigenvalue weighted by Gasteiger charge is -2.11. The maximum absolute atomic E-state index is 12.6. The summed E-state index contributed by atoms with van der Waals surface area (Å²) in [7, 11) is 0. The molecule has 0 amide bonds. The zero-order valence-electron chi connectivity index (χ0n) is 11.4. The summed E-state index contributed by atoms with van der Waals surface area (Å²) in [6.07, 6.45) is -3.48. The number of ether oxygens (including phenoxy) is 1. The number of alkyl halides is 3. The van der Waals surface area contributed by atoms with Gasteiger partial charge in [0, 0.05) is 13.2 Å². The van der Waals surface area contributed by atoms with Crippen molar-refractivity contribution in [2.75, 3.05) is 25.1 Å². The predicted molar refractivity (Wildman–Crippen MR) is 73.0 cm³/mol. The van der Waals surface area contributed by atoms with E-state index in [1.54, 1.807) is 0 Å². The van der Waals surface area contributed by atoms with Crippen molar-refractivity contribution in [2.24, 2.45) is 5.92 Å². The van der Waals surface area contributed by atoms with Gasteiger partial charge in [0.1, 0.15) is 11.0 Å². The predicted octanol–water partition coefficient (Wildman–Crippen LogP) is 4.23. The molecule has 1 heterocycles. The van der Waals surface area contributed by atoms with Crippen LogP contribution in [0.3, 0.4) is 0 Å². The van der Waals surface area contributed by atoms with Gasteiger partial charge in [-0.15, -0.1) is 0 Å². The number of anilines is 1. The molecule has 0 fully saturated rings. The highest BCUT2D eigenvalue weighted by atomic mass is 35.5. The lowest BCUT2D eigenvalue weighted by Crippen LogP contribution is -2.13. The second-order valence-corrected chi connectivity index (χ2v) is 5.17. The first-order chi connectivity index (χ1) is 9.29. The molecule has 0 aliphatic rings. The summed E-state index contributed by atoms with van der Waals surface area (Å²) in [6.45, 7) is 5.60. The van der Waals surface area contributed by atoms with Crippen LogP contribution in [-0.4, -0.2) is 24.7 Å². The molecule has 20 heavy (non-hydrogen) atoms. The van der Waals surface area contributed by atoms with E-state index in [4.69, 9.17) is 16.3 Å². The smallest absolute Gasteiger partial charge is 0.380 e. The average molecular weight is 311 g/mol. The van der Waals surface area contributed by atoms with Gasteiger partial charge in [-0.25, -0.2) is 4.98 Å². The summed E-state index contributed by atoms with van der Waals surface area (Å²) in [5.74, 6) is 0.657. The molecule has 3 nitrogen and oxygen atoms in total. The van der Waals surface area contributed by atoms with Crippen LogP contribution in [0.2, 0.25) is 5.15 Å². The van der Waals surface area contributed by atoms with Gasteiger partial charge in [0.15, 0.2) is 0 Å². The van der Waals surface area contributed by atoms with E-state index in [0.29, 0.717) is 25.7 Å². The molecule has 0 atom stereocenters. The quantitative estimate of drug-likeness (QED) is 0.604. The molecule has 1 aromatic rings. The topological polar surface area (TPSA) is 34.1 Å². The third-order valence-corrected chi connectivity index (χ3v) is 2.71. The third kappa shape index (κ3) is 6.43. The number of nitrogens with one attached hydrogen (secondary N) is 1. The molecule has 0 bridgehead atoms. The molecular weight excluding hydrogens is 293 g/mol. The Bertz CT molecular complexity index is 425. The van der Waals surface area contributed by atoms with Crippen LogP contribution >= 0.6 is 11.6 Å². The minimum atomic E-state index is -4.43. The monoisotopic (exact) mass is 310 g/mol. The minimum absolute atomic E-state index is 0.0947. The SMILES string of the molecule is CC(C)CCOCCNc1cc(C(F)(F)F)cc(Cl)n1. The van der Waals surface area contributed by atoms with Gasteiger partial charge in [0.25, 0.3) is 0 Å². The largest absolute Gasteiger partial charge is 0.416 e. The standard InChI is InChI=1S/C13H18ClF3N2O/c1-9(2)3-5-20-6-4-18-12-8-10(13(15,16)17)7-11(14)19-12/h7-9H,3-6H2,1-2H3,(H,18,19). The van der Waals surface area contributed by atoms with Crippen molar-refractivity contribution in [3.8, 4) is 0 Å². The van der Waals surface area contributed by atoms with E-state index >= 15 is 0 Å². The van der Waals surface area contributed by atoms with E-state index in [-0.39, 0.29) is 11.0 Å². The van der Waals surface area contributed by atoms with Crippen LogP contribution in [0.15, 0.2) is 12.1 Å². The van der Waals surface area contributed by atoms with Gasteiger partial charge in [-0.3, -0.25) is 0 Å². The van der Waals surface area contributed by atoms with Crippen LogP contribution in [0.1, 0.15) is 25.8 Å². The zero-order chi connectivity index (χ0) is 15.2. The third-order valence-electron chi connectivity index (χ3n) is 2.51. The van der Waals surface area contributed by atoms with Crippen LogP contribution in [0, 0.1) is 5.92 Å². The van der Waals surface area contributed by atoms with Crippen molar-refractivity contribution in [1.29, 1.82) is 0 Å². The van der Waals surface area contributed by atoms with E-state index in [0.717, 1.165) is 18.6 Å². The fourth-order valence-corrected chi connectivity index (χ4v) is 1.63. The Morgan fingerprint density at radius 3 is 2.60 bits per heavy atom. The lowest BCUT2D eigenvalue weighted by atomic mass is 10.1. The number of aromatic nitrogens is 1. The van der Waals surface area contributed by atoms with E-state index < -0.39 is 11.7 Å². The first kappa shape index (κ1) is 17.0. The van der Waals surface area contributed by atoms with E-state index in [2.05, 4.69) is 24.1 Å². The molecular formula is C13H18ClF3N2O. The molecule has 1 rings (SSSR count). The number of hydrogen-bond acceptors (Lipinski definition) is 3. The zero-order valence-corrected chi connectivity index (χ0v) is 12.2. The van der Waals surface area contributed by atoms with Crippen molar-refractivity contribution in [3.63, 3.8) is 0 Å². The van der Waals surface area contributed by atoms with Crippen molar-refractivity contribution in [2.45, 2.75) is 26.4 Å². The summed E-state index contributed by atoms with van der Waals surface area (Å²) in [4.78, 5) is 3.79. The second kappa shape index (κ2) is 7.69. The van der Waals surface area contributed by atoms with Gasteiger partial charge >= 0.3 is 6.18 Å². The fourth-order valence-electron chi connectivity index (χ4n) is 1.42. The Morgan fingerprint density at radius 2 is 2.00 bits per heavy atom. The highest BCUT2D eigenvalue weighted by molar-refractivity contribution is 6.29. The van der Waals surface area contributed by atoms with E-state index in [9.17, 15) is 13.2 Å². The highest BCUT2D eigenvalue weighted by Crippen LogP contribution is 2.31. The molecule has 0 spiro atoms. The number of nitrogens with zero attached hydrogens (tertiary/aromatic N) is 1. The average Bonchev–Trinajstić information content (AvgIpc) is 2.31. The van der Waals surface area contributed by atoms with Crippen LogP contribution < -0.4 is 5.32 Å². The summed E-state index contributed by atoms with van der Waals surface area (Å²) in [5.41, 5.74) is -0.819. The normalized spacial score (nSPS) is 11.9. The van der Waals surface area contributed by atoms with Gasteiger partial charge in [0.2, 0.25) is 0 Å². The van der Waals surface area contributed by atoms with Gasteiger partial charge in [-0.1, -0.05) is 25.4 Å². The summed E-state index contributed by atoms with van der Waals surface area (Å²) < 4.78 is 43.1. The second-order valence-electron chi connectivity index (χ2n) is 4.78. The molecule has 1 N–H and O–H groups in total. The van der Waals surface area contributed by atoms with Crippen molar-refractivity contribution in [1.82, 2.24) is 4.98 Å². The van der Waals surface area contributed by atoms with Crippen molar-refractivity contribution in [3.05, 3.63) is 22.8 Å². The maximum atomic E-state index is 12.6. The number of pyridine rings is 1. The summed E-state index contributed by atoms with van der Waals surface area (Å²) >= 11 is 5.57. The van der Waals surface area contributed by atoms with Gasteiger partial charge in [-0.05, 0) is 24.5 Å². The summed E-state index contributed by atoms with van der Waals surface area (Å²) in [5, 5.41) is 2.57. The van der Waals surface area contributed by atoms with Crippen LogP contribution in [0.5, 0.6) is 0 Å². The Hall–Kier alpha value is -1.01. The Morgan fingerprint density at radius 1 is 1.30 bits per heavy atom. The minimum Gasteiger partial charge on any atom is -0.380 e. The first-order valence-corrected chi connectivity index (χ1v) is 6.73. The molecule has 0 unspecified atom stereocenters. The number of rotatable bonds is 7. The van der Waals surface area contributed by atoms with Crippen LogP contribution in [0.25, 0.3) is 0 Å². The van der Waals surface area contributed by atoms with Crippen molar-refractivity contribution >= 4 is 17.4 Å². The first-order valence-electron chi connectivity index (χ1n) is 6.35. The van der Waals surface area contributed by atoms with E-state index in [1.165, 1.54) is 0 Å². The molecule has 0 radical (unpaired) electrons. The molecule has 0 aliphatic carbocycles. The Labute approximate surface area is 121 Å². The van der Waals surface area contributed by atoms with Gasteiger partial charge in [-0.2, -0.15) is 13.2 Å². The molecule has 114 valence electrons. The molecule has 0 aromatic carbocycles. The fraction of sp³-hybridized carbons (Fsp3) is 0.615. The van der Waals surface area contributed by atoms with Crippen LogP contribution in [0.4, 0.5) is 19.0 Å². The highest BCUT2D eigenvalue weighted by Gasteiger charge is 2.31. The molecule has 1 aromatic heterocycles. The molecule has 0 saturated carbocycles. The summed E-state index contributed by atoms with van der Waals surface area (Å²) in [6, 6.07) is 1.73. The maximum Gasteiger partial charge on any atom is 0.416 e. The Kier molecular flexibility index (Phi) is 6.55. The molecule has 0 aliphatic heterocycles. The number of hydrogen-bond donors (Lipinski definition) is 1. The lowest BCUT2D eigenvalue weighted by molar-refractivity contribution is -0.137.